The van der Waals surface area contributed by atoms with Gasteiger partial charge < -0.3 is 4.74 Å². The number of carbonyl (C=O) groups excluding carboxylic acids is 1. The molecule has 0 aromatic heterocycles. The summed E-state index contributed by atoms with van der Waals surface area (Å²) in [6.07, 6.45) is 1.29. The van der Waals surface area contributed by atoms with Gasteiger partial charge in [0.15, 0.2) is 9.84 Å². The SMILES string of the molecule is CCCC(N(C)C)S(=O)(=O)c1cccc(OC(=O)c2ccccc2)c1. The summed E-state index contributed by atoms with van der Waals surface area (Å²) in [5, 5.41) is -0.613. The van der Waals surface area contributed by atoms with Gasteiger partial charge in [-0.3, -0.25) is 4.90 Å². The molecular formula is C19H23NO4S. The zero-order valence-corrected chi connectivity index (χ0v) is 15.5. The lowest BCUT2D eigenvalue weighted by atomic mass is 10.2. The van der Waals surface area contributed by atoms with Gasteiger partial charge in [-0.05, 0) is 50.8 Å². The lowest BCUT2D eigenvalue weighted by Gasteiger charge is -2.24. The summed E-state index contributed by atoms with van der Waals surface area (Å²) in [4.78, 5) is 14.0. The van der Waals surface area contributed by atoms with Crippen LogP contribution in [0.4, 0.5) is 0 Å². The molecule has 0 N–H and O–H groups in total. The maximum absolute atomic E-state index is 12.9. The second-order valence-electron chi connectivity index (χ2n) is 5.98. The van der Waals surface area contributed by atoms with E-state index in [9.17, 15) is 13.2 Å². The minimum absolute atomic E-state index is 0.151. The Bertz CT molecular complexity index is 816. The van der Waals surface area contributed by atoms with Crippen molar-refractivity contribution >= 4 is 15.8 Å². The van der Waals surface area contributed by atoms with E-state index in [4.69, 9.17) is 4.74 Å². The number of esters is 1. The molecular weight excluding hydrogens is 338 g/mol. The number of carbonyl (C=O) groups is 1. The molecule has 0 heterocycles. The van der Waals surface area contributed by atoms with Crippen LogP contribution in [0.15, 0.2) is 59.5 Å². The predicted molar refractivity (Wildman–Crippen MR) is 97.4 cm³/mol. The second-order valence-corrected chi connectivity index (χ2v) is 8.09. The maximum Gasteiger partial charge on any atom is 0.343 e. The van der Waals surface area contributed by atoms with Crippen molar-refractivity contribution in [1.29, 1.82) is 0 Å². The molecule has 2 aromatic carbocycles. The lowest BCUT2D eigenvalue weighted by Crippen LogP contribution is -2.35. The first-order chi connectivity index (χ1) is 11.9. The van der Waals surface area contributed by atoms with Crippen LogP contribution >= 0.6 is 0 Å². The largest absolute Gasteiger partial charge is 0.423 e. The molecule has 0 amide bonds. The van der Waals surface area contributed by atoms with Crippen LogP contribution in [0.3, 0.4) is 0 Å². The zero-order valence-electron chi connectivity index (χ0n) is 14.7. The van der Waals surface area contributed by atoms with Crippen molar-refractivity contribution in [3.8, 4) is 5.75 Å². The van der Waals surface area contributed by atoms with E-state index in [-0.39, 0.29) is 10.6 Å². The van der Waals surface area contributed by atoms with Gasteiger partial charge in [-0.25, -0.2) is 13.2 Å². The summed E-state index contributed by atoms with van der Waals surface area (Å²) in [5.41, 5.74) is 0.410. The zero-order chi connectivity index (χ0) is 18.4. The Kier molecular flexibility index (Phi) is 6.33. The highest BCUT2D eigenvalue weighted by atomic mass is 32.2. The van der Waals surface area contributed by atoms with E-state index >= 15 is 0 Å². The molecule has 0 aliphatic carbocycles. The van der Waals surface area contributed by atoms with Gasteiger partial charge >= 0.3 is 5.97 Å². The number of ether oxygens (including phenoxy) is 1. The highest BCUT2D eigenvalue weighted by Gasteiger charge is 2.29. The fraction of sp³-hybridized carbons (Fsp3) is 0.316. The van der Waals surface area contributed by atoms with Crippen molar-refractivity contribution in [2.75, 3.05) is 14.1 Å². The average molecular weight is 361 g/mol. The van der Waals surface area contributed by atoms with E-state index < -0.39 is 21.2 Å². The number of rotatable bonds is 7. The molecule has 0 spiro atoms. The third kappa shape index (κ3) is 4.67. The van der Waals surface area contributed by atoms with Crippen molar-refractivity contribution < 1.29 is 17.9 Å². The van der Waals surface area contributed by atoms with E-state index in [2.05, 4.69) is 0 Å². The lowest BCUT2D eigenvalue weighted by molar-refractivity contribution is 0.0734. The molecule has 1 atom stereocenters. The van der Waals surface area contributed by atoms with Crippen molar-refractivity contribution in [1.82, 2.24) is 4.90 Å². The molecule has 0 saturated carbocycles. The minimum atomic E-state index is -3.55. The van der Waals surface area contributed by atoms with Gasteiger partial charge in [-0.2, -0.15) is 0 Å². The molecule has 134 valence electrons. The Balaban J connectivity index is 2.27. The third-order valence-corrected chi connectivity index (χ3v) is 6.11. The topological polar surface area (TPSA) is 63.7 Å². The fourth-order valence-electron chi connectivity index (χ4n) is 2.55. The summed E-state index contributed by atoms with van der Waals surface area (Å²) >= 11 is 0. The third-order valence-electron chi connectivity index (χ3n) is 3.82. The highest BCUT2D eigenvalue weighted by molar-refractivity contribution is 7.92. The molecule has 0 aliphatic heterocycles. The second kappa shape index (κ2) is 8.27. The molecule has 0 fully saturated rings. The molecule has 0 saturated heterocycles. The molecule has 25 heavy (non-hydrogen) atoms. The fourth-order valence-corrected chi connectivity index (χ4v) is 4.51. The van der Waals surface area contributed by atoms with Gasteiger partial charge in [0.25, 0.3) is 0 Å². The number of benzene rings is 2. The number of hydrogen-bond donors (Lipinski definition) is 0. The molecule has 6 heteroatoms. The standard InChI is InChI=1S/C19H23NO4S/c1-4-9-18(20(2)3)25(22,23)17-13-8-12-16(14-17)24-19(21)15-10-6-5-7-11-15/h5-8,10-14,18H,4,9H2,1-3H3. The number of nitrogens with zero attached hydrogens (tertiary/aromatic N) is 1. The van der Waals surface area contributed by atoms with Crippen LogP contribution in [-0.4, -0.2) is 38.8 Å². The number of hydrogen-bond acceptors (Lipinski definition) is 5. The summed E-state index contributed by atoms with van der Waals surface area (Å²) < 4.78 is 31.1. The summed E-state index contributed by atoms with van der Waals surface area (Å²) in [6, 6.07) is 14.7. The Labute approximate surface area is 149 Å². The van der Waals surface area contributed by atoms with Crippen LogP contribution in [0.5, 0.6) is 5.75 Å². The van der Waals surface area contributed by atoms with Crippen molar-refractivity contribution in [3.63, 3.8) is 0 Å². The van der Waals surface area contributed by atoms with E-state index in [1.54, 1.807) is 61.5 Å². The smallest absolute Gasteiger partial charge is 0.343 e. The molecule has 5 nitrogen and oxygen atoms in total. The number of sulfone groups is 1. The van der Waals surface area contributed by atoms with E-state index in [1.807, 2.05) is 6.92 Å². The predicted octanol–water partition coefficient (Wildman–Crippen LogP) is 3.37. The Morgan fingerprint density at radius 1 is 1.08 bits per heavy atom. The van der Waals surface area contributed by atoms with Gasteiger partial charge in [0.2, 0.25) is 0 Å². The van der Waals surface area contributed by atoms with E-state index in [0.717, 1.165) is 6.42 Å². The molecule has 2 rings (SSSR count). The normalized spacial score (nSPS) is 12.8. The van der Waals surface area contributed by atoms with E-state index in [0.29, 0.717) is 12.0 Å². The highest BCUT2D eigenvalue weighted by Crippen LogP contribution is 2.25. The summed E-state index contributed by atoms with van der Waals surface area (Å²) in [5.74, 6) is -0.309. The summed E-state index contributed by atoms with van der Waals surface area (Å²) in [6.45, 7) is 1.95. The van der Waals surface area contributed by atoms with Gasteiger partial charge in [0, 0.05) is 0 Å². The van der Waals surface area contributed by atoms with Crippen molar-refractivity contribution in [3.05, 3.63) is 60.2 Å². The van der Waals surface area contributed by atoms with Gasteiger partial charge in [-0.15, -0.1) is 0 Å². The Morgan fingerprint density at radius 3 is 2.36 bits per heavy atom. The maximum atomic E-state index is 12.9. The quantitative estimate of drug-likeness (QED) is 0.559. The first kappa shape index (κ1) is 19.1. The monoisotopic (exact) mass is 361 g/mol. The molecule has 2 aromatic rings. The Morgan fingerprint density at radius 2 is 1.76 bits per heavy atom. The van der Waals surface area contributed by atoms with Crippen LogP contribution in [0, 0.1) is 0 Å². The average Bonchev–Trinajstić information content (AvgIpc) is 2.60. The molecule has 0 aliphatic rings. The van der Waals surface area contributed by atoms with Crippen LogP contribution in [0.1, 0.15) is 30.1 Å². The Hall–Kier alpha value is -2.18. The van der Waals surface area contributed by atoms with Crippen LogP contribution in [-0.2, 0) is 9.84 Å². The van der Waals surface area contributed by atoms with Crippen molar-refractivity contribution in [2.45, 2.75) is 30.0 Å². The molecule has 0 bridgehead atoms. The van der Waals surface area contributed by atoms with E-state index in [1.165, 1.54) is 12.1 Å². The van der Waals surface area contributed by atoms with Gasteiger partial charge in [-0.1, -0.05) is 37.6 Å². The first-order valence-electron chi connectivity index (χ1n) is 8.14. The minimum Gasteiger partial charge on any atom is -0.423 e. The van der Waals surface area contributed by atoms with Gasteiger partial charge in [0.05, 0.1) is 10.5 Å². The van der Waals surface area contributed by atoms with Gasteiger partial charge in [0.1, 0.15) is 11.1 Å². The van der Waals surface area contributed by atoms with Crippen LogP contribution < -0.4 is 4.74 Å². The van der Waals surface area contributed by atoms with Crippen molar-refractivity contribution in [2.24, 2.45) is 0 Å². The summed E-state index contributed by atoms with van der Waals surface area (Å²) in [7, 11) is -0.0564. The van der Waals surface area contributed by atoms with Crippen LogP contribution in [0.25, 0.3) is 0 Å². The molecule has 0 radical (unpaired) electrons. The first-order valence-corrected chi connectivity index (χ1v) is 9.68. The van der Waals surface area contributed by atoms with Crippen LogP contribution in [0.2, 0.25) is 0 Å². The molecule has 1 unspecified atom stereocenters.